The minimum atomic E-state index is -0.777. The molecule has 2 heterocycles. The molecular formula is C19H22Cl2N4O4. The van der Waals surface area contributed by atoms with Gasteiger partial charge in [-0.05, 0) is 37.1 Å². The summed E-state index contributed by atoms with van der Waals surface area (Å²) in [6.45, 7) is 1.46. The first-order chi connectivity index (χ1) is 13.9. The largest absolute Gasteiger partial charge is 0.486 e. The Hall–Kier alpha value is -2.26. The number of aryl methyl sites for hydroxylation is 1. The number of nitrogens with zero attached hydrogens (tertiary/aromatic N) is 1. The maximum atomic E-state index is 12.8. The van der Waals surface area contributed by atoms with Crippen LogP contribution in [0.15, 0.2) is 24.4 Å². The van der Waals surface area contributed by atoms with Crippen molar-refractivity contribution < 1.29 is 19.5 Å². The summed E-state index contributed by atoms with van der Waals surface area (Å²) in [5.74, 6) is -1.08. The first-order valence-corrected chi connectivity index (χ1v) is 9.88. The van der Waals surface area contributed by atoms with E-state index in [1.165, 1.54) is 10.8 Å². The van der Waals surface area contributed by atoms with E-state index in [9.17, 15) is 9.59 Å². The molecule has 1 aromatic carbocycles. The van der Waals surface area contributed by atoms with Crippen molar-refractivity contribution in [2.75, 3.05) is 13.1 Å². The smallest absolute Gasteiger partial charge is 0.279 e. The van der Waals surface area contributed by atoms with Crippen molar-refractivity contribution in [3.63, 3.8) is 0 Å². The summed E-state index contributed by atoms with van der Waals surface area (Å²) in [5, 5.41) is 16.0. The van der Waals surface area contributed by atoms with Crippen molar-refractivity contribution >= 4 is 35.0 Å². The molecule has 2 aromatic rings. The fourth-order valence-electron chi connectivity index (χ4n) is 3.25. The second kappa shape index (κ2) is 9.49. The Balaban J connectivity index is 1.82. The van der Waals surface area contributed by atoms with Crippen LogP contribution in [0.3, 0.4) is 0 Å². The molecule has 2 amide bonds. The van der Waals surface area contributed by atoms with Gasteiger partial charge in [0.2, 0.25) is 0 Å². The Morgan fingerprint density at radius 1 is 1.31 bits per heavy atom. The van der Waals surface area contributed by atoms with Crippen molar-refractivity contribution in [2.24, 2.45) is 7.05 Å². The summed E-state index contributed by atoms with van der Waals surface area (Å²) in [4.78, 5) is 24.9. The number of nitrogens with one attached hydrogen (secondary N) is 3. The molecule has 1 aromatic heterocycles. The average molecular weight is 441 g/mol. The molecule has 156 valence electrons. The van der Waals surface area contributed by atoms with Crippen LogP contribution in [0.1, 0.15) is 39.3 Å². The quantitative estimate of drug-likeness (QED) is 0.391. The average Bonchev–Trinajstić information content (AvgIpc) is 3.34. The van der Waals surface area contributed by atoms with Crippen molar-refractivity contribution in [3.8, 4) is 5.75 Å². The van der Waals surface area contributed by atoms with Gasteiger partial charge >= 0.3 is 0 Å². The van der Waals surface area contributed by atoms with Gasteiger partial charge in [0.05, 0.1) is 10.0 Å². The molecule has 0 spiro atoms. The Morgan fingerprint density at radius 3 is 2.76 bits per heavy atom. The van der Waals surface area contributed by atoms with E-state index in [4.69, 9.17) is 33.1 Å². The molecular weight excluding hydrogens is 419 g/mol. The van der Waals surface area contributed by atoms with Crippen LogP contribution in [-0.2, 0) is 13.7 Å². The third-order valence-corrected chi connectivity index (χ3v) is 5.47. The summed E-state index contributed by atoms with van der Waals surface area (Å²) in [6, 6.07) is 5.23. The third-order valence-electron chi connectivity index (χ3n) is 4.73. The van der Waals surface area contributed by atoms with Gasteiger partial charge in [0.25, 0.3) is 11.8 Å². The monoisotopic (exact) mass is 440 g/mol. The van der Waals surface area contributed by atoms with Crippen LogP contribution >= 0.6 is 23.2 Å². The molecule has 8 nitrogen and oxygen atoms in total. The SMILES string of the molecule is Cn1cc(C(=O)NO)c(OCc2ccc(Cl)c(Cl)c2)c1C(=O)NCC1CCCN1. The lowest BCUT2D eigenvalue weighted by atomic mass is 10.2. The van der Waals surface area contributed by atoms with Gasteiger partial charge in [0.1, 0.15) is 17.9 Å². The van der Waals surface area contributed by atoms with Crippen molar-refractivity contribution in [2.45, 2.75) is 25.5 Å². The molecule has 1 atom stereocenters. The van der Waals surface area contributed by atoms with Crippen LogP contribution < -0.4 is 20.9 Å². The zero-order valence-electron chi connectivity index (χ0n) is 15.8. The molecule has 0 bridgehead atoms. The van der Waals surface area contributed by atoms with Crippen LogP contribution in [0.25, 0.3) is 0 Å². The van der Waals surface area contributed by atoms with Crippen LogP contribution in [0.2, 0.25) is 10.0 Å². The zero-order valence-corrected chi connectivity index (χ0v) is 17.3. The van der Waals surface area contributed by atoms with Gasteiger partial charge in [0, 0.05) is 25.8 Å². The van der Waals surface area contributed by atoms with Crippen LogP contribution in [0.5, 0.6) is 5.75 Å². The number of ether oxygens (including phenoxy) is 1. The van der Waals surface area contributed by atoms with Gasteiger partial charge < -0.3 is 19.9 Å². The molecule has 1 unspecified atom stereocenters. The van der Waals surface area contributed by atoms with E-state index >= 15 is 0 Å². The van der Waals surface area contributed by atoms with Crippen LogP contribution in [0.4, 0.5) is 0 Å². The number of rotatable bonds is 7. The molecule has 0 saturated carbocycles. The Labute approximate surface area is 178 Å². The van der Waals surface area contributed by atoms with Crippen molar-refractivity contribution in [1.29, 1.82) is 0 Å². The van der Waals surface area contributed by atoms with E-state index < -0.39 is 5.91 Å². The minimum absolute atomic E-state index is 0.0409. The van der Waals surface area contributed by atoms with Gasteiger partial charge in [-0.3, -0.25) is 14.8 Å². The van der Waals surface area contributed by atoms with E-state index in [1.54, 1.807) is 30.7 Å². The number of hydrogen-bond donors (Lipinski definition) is 4. The highest BCUT2D eigenvalue weighted by Crippen LogP contribution is 2.28. The van der Waals surface area contributed by atoms with Gasteiger partial charge in [0.15, 0.2) is 5.75 Å². The number of amides is 2. The van der Waals surface area contributed by atoms with Crippen molar-refractivity contribution in [1.82, 2.24) is 20.7 Å². The molecule has 1 saturated heterocycles. The first kappa shape index (κ1) is 21.4. The van der Waals surface area contributed by atoms with Crippen molar-refractivity contribution in [3.05, 3.63) is 51.3 Å². The predicted octanol–water partition coefficient (Wildman–Crippen LogP) is 2.51. The lowest BCUT2D eigenvalue weighted by molar-refractivity contribution is 0.0702. The van der Waals surface area contributed by atoms with Crippen LogP contribution in [-0.4, -0.2) is 40.7 Å². The molecule has 1 fully saturated rings. The van der Waals surface area contributed by atoms with E-state index in [-0.39, 0.29) is 35.6 Å². The van der Waals surface area contributed by atoms with Gasteiger partial charge in [-0.1, -0.05) is 29.3 Å². The Kier molecular flexibility index (Phi) is 7.02. The highest BCUT2D eigenvalue weighted by atomic mass is 35.5. The summed E-state index contributed by atoms with van der Waals surface area (Å²) in [5.41, 5.74) is 2.51. The number of carbonyl (C=O) groups excluding carboxylic acids is 2. The molecule has 0 aliphatic carbocycles. The second-order valence-electron chi connectivity index (χ2n) is 6.81. The molecule has 4 N–H and O–H groups in total. The molecule has 0 radical (unpaired) electrons. The normalized spacial score (nSPS) is 15.9. The topological polar surface area (TPSA) is 105 Å². The Morgan fingerprint density at radius 2 is 2.10 bits per heavy atom. The van der Waals surface area contributed by atoms with E-state index in [0.29, 0.717) is 22.2 Å². The predicted molar refractivity (Wildman–Crippen MR) is 109 cm³/mol. The number of benzene rings is 1. The van der Waals surface area contributed by atoms with Gasteiger partial charge in [-0.2, -0.15) is 0 Å². The van der Waals surface area contributed by atoms with E-state index in [1.807, 2.05) is 0 Å². The van der Waals surface area contributed by atoms with Gasteiger partial charge in [-0.15, -0.1) is 0 Å². The summed E-state index contributed by atoms with van der Waals surface area (Å²) < 4.78 is 7.31. The molecule has 1 aliphatic rings. The molecule has 10 heteroatoms. The third kappa shape index (κ3) is 5.02. The number of halogens is 2. The lowest BCUT2D eigenvalue weighted by Crippen LogP contribution is -2.37. The maximum absolute atomic E-state index is 12.8. The highest BCUT2D eigenvalue weighted by molar-refractivity contribution is 6.42. The van der Waals surface area contributed by atoms with E-state index in [0.717, 1.165) is 19.4 Å². The number of hydrogen-bond acceptors (Lipinski definition) is 5. The maximum Gasteiger partial charge on any atom is 0.279 e. The molecule has 29 heavy (non-hydrogen) atoms. The minimum Gasteiger partial charge on any atom is -0.486 e. The number of hydroxylamine groups is 1. The fraction of sp³-hybridized carbons (Fsp3) is 0.368. The fourth-order valence-corrected chi connectivity index (χ4v) is 3.57. The summed E-state index contributed by atoms with van der Waals surface area (Å²) in [7, 11) is 1.63. The van der Waals surface area contributed by atoms with Crippen LogP contribution in [0, 0.1) is 0 Å². The van der Waals surface area contributed by atoms with Gasteiger partial charge in [-0.25, -0.2) is 5.48 Å². The summed E-state index contributed by atoms with van der Waals surface area (Å²) in [6.07, 6.45) is 3.49. The standard InChI is InChI=1S/C19H22Cl2N4O4/c1-25-9-13(18(26)24-28)17(29-10-11-4-5-14(20)15(21)7-11)16(25)19(27)23-8-12-3-2-6-22-12/h4-5,7,9,12,22,28H,2-3,6,8,10H2,1H3,(H,23,27)(H,24,26). The summed E-state index contributed by atoms with van der Waals surface area (Å²) >= 11 is 12.0. The molecule has 3 rings (SSSR count). The molecule has 1 aliphatic heterocycles. The Bertz CT molecular complexity index is 910. The highest BCUT2D eigenvalue weighted by Gasteiger charge is 2.26. The second-order valence-corrected chi connectivity index (χ2v) is 7.63. The number of carbonyl (C=O) groups is 2. The van der Waals surface area contributed by atoms with E-state index in [2.05, 4.69) is 10.6 Å². The zero-order chi connectivity index (χ0) is 21.0. The lowest BCUT2D eigenvalue weighted by Gasteiger charge is -2.14. The first-order valence-electron chi connectivity index (χ1n) is 9.12. The number of aromatic nitrogens is 1.